The zero-order valence-corrected chi connectivity index (χ0v) is 13.2. The van der Waals surface area contributed by atoms with Gasteiger partial charge >= 0.3 is 0 Å². The van der Waals surface area contributed by atoms with Crippen LogP contribution in [0.15, 0.2) is 41.6 Å². The fourth-order valence-corrected chi connectivity index (χ4v) is 2.92. The summed E-state index contributed by atoms with van der Waals surface area (Å²) in [7, 11) is -2.09. The largest absolute Gasteiger partial charge is 0.377 e. The van der Waals surface area contributed by atoms with E-state index in [1.807, 2.05) is 24.7 Å². The predicted molar refractivity (Wildman–Crippen MR) is 82.6 cm³/mol. The zero-order chi connectivity index (χ0) is 15.5. The van der Waals surface area contributed by atoms with Gasteiger partial charge in [0.1, 0.15) is 4.90 Å². The fourth-order valence-electron chi connectivity index (χ4n) is 2.02. The van der Waals surface area contributed by atoms with Crippen molar-refractivity contribution in [3.8, 4) is 0 Å². The van der Waals surface area contributed by atoms with Gasteiger partial charge in [-0.1, -0.05) is 12.1 Å². The molecule has 0 amide bonds. The first-order valence-corrected chi connectivity index (χ1v) is 8.27. The van der Waals surface area contributed by atoms with Crippen LogP contribution in [0.25, 0.3) is 0 Å². The first kappa shape index (κ1) is 15.5. The van der Waals surface area contributed by atoms with E-state index < -0.39 is 10.0 Å². The highest BCUT2D eigenvalue weighted by molar-refractivity contribution is 7.89. The number of nitrogens with zero attached hydrogens (tertiary/aromatic N) is 2. The number of hydrogen-bond acceptors (Lipinski definition) is 4. The summed E-state index contributed by atoms with van der Waals surface area (Å²) in [6, 6.07) is 6.80. The summed E-state index contributed by atoms with van der Waals surface area (Å²) in [5, 5.41) is 7.46. The third-order valence-corrected chi connectivity index (χ3v) is 4.77. The number of rotatable bonds is 6. The Kier molecular flexibility index (Phi) is 4.64. The molecule has 0 fully saturated rings. The summed E-state index contributed by atoms with van der Waals surface area (Å²) >= 11 is 0. The Labute approximate surface area is 125 Å². The molecule has 0 saturated heterocycles. The molecule has 0 spiro atoms. The molecule has 7 heteroatoms. The molecule has 0 aliphatic rings. The monoisotopic (exact) mass is 308 g/mol. The van der Waals surface area contributed by atoms with Gasteiger partial charge in [-0.05, 0) is 33.0 Å². The van der Waals surface area contributed by atoms with Crippen LogP contribution < -0.4 is 10.0 Å². The summed E-state index contributed by atoms with van der Waals surface area (Å²) < 4.78 is 28.2. The normalized spacial score (nSPS) is 13.1. The number of benzene rings is 1. The van der Waals surface area contributed by atoms with Crippen molar-refractivity contribution in [2.45, 2.75) is 31.3 Å². The topological polar surface area (TPSA) is 76.0 Å². The van der Waals surface area contributed by atoms with Crippen molar-refractivity contribution >= 4 is 15.7 Å². The van der Waals surface area contributed by atoms with Gasteiger partial charge in [0, 0.05) is 18.3 Å². The second-order valence-corrected chi connectivity index (χ2v) is 6.55. The Morgan fingerprint density at radius 2 is 2.05 bits per heavy atom. The van der Waals surface area contributed by atoms with Crippen molar-refractivity contribution in [1.82, 2.24) is 14.5 Å². The van der Waals surface area contributed by atoms with Gasteiger partial charge in [-0.2, -0.15) is 5.10 Å². The van der Waals surface area contributed by atoms with Crippen LogP contribution in [-0.4, -0.2) is 25.2 Å². The van der Waals surface area contributed by atoms with Crippen LogP contribution in [0.4, 0.5) is 5.69 Å². The molecular weight excluding hydrogens is 288 g/mol. The summed E-state index contributed by atoms with van der Waals surface area (Å²) in [4.78, 5) is 0.238. The Morgan fingerprint density at radius 1 is 1.33 bits per heavy atom. The molecule has 2 aromatic rings. The molecule has 1 heterocycles. The maximum absolute atomic E-state index is 12.0. The average molecular weight is 308 g/mol. The molecule has 1 aromatic carbocycles. The molecule has 0 saturated carbocycles. The molecule has 6 nitrogen and oxygen atoms in total. The summed E-state index contributed by atoms with van der Waals surface area (Å²) in [5.74, 6) is 0. The molecule has 0 radical (unpaired) electrons. The Bertz CT molecular complexity index is 709. The lowest BCUT2D eigenvalue weighted by molar-refractivity contribution is 0.588. The van der Waals surface area contributed by atoms with Crippen LogP contribution in [0.5, 0.6) is 0 Å². The van der Waals surface area contributed by atoms with Crippen LogP contribution in [0, 0.1) is 0 Å². The highest BCUT2D eigenvalue weighted by atomic mass is 32.2. The van der Waals surface area contributed by atoms with Crippen LogP contribution in [0.2, 0.25) is 0 Å². The Balaban J connectivity index is 2.27. The lowest BCUT2D eigenvalue weighted by Crippen LogP contribution is -2.20. The number of para-hydroxylation sites is 1. The van der Waals surface area contributed by atoms with E-state index in [9.17, 15) is 8.42 Å². The van der Waals surface area contributed by atoms with Gasteiger partial charge in [-0.3, -0.25) is 4.68 Å². The Morgan fingerprint density at radius 3 is 2.67 bits per heavy atom. The quantitative estimate of drug-likeness (QED) is 0.855. The first-order valence-electron chi connectivity index (χ1n) is 6.79. The van der Waals surface area contributed by atoms with E-state index in [0.29, 0.717) is 5.69 Å². The van der Waals surface area contributed by atoms with Gasteiger partial charge in [0.25, 0.3) is 0 Å². The lowest BCUT2D eigenvalue weighted by Gasteiger charge is -2.16. The number of aryl methyl sites for hydroxylation is 1. The van der Waals surface area contributed by atoms with E-state index in [4.69, 9.17) is 0 Å². The van der Waals surface area contributed by atoms with Crippen LogP contribution in [0.3, 0.4) is 0 Å². The Hall–Kier alpha value is -1.86. The first-order chi connectivity index (χ1) is 9.97. The molecule has 0 aliphatic heterocycles. The third-order valence-electron chi connectivity index (χ3n) is 3.29. The van der Waals surface area contributed by atoms with Crippen molar-refractivity contribution < 1.29 is 8.42 Å². The number of aromatic nitrogens is 2. The molecule has 2 rings (SSSR count). The summed E-state index contributed by atoms with van der Waals surface area (Å²) in [6.07, 6.45) is 3.74. The minimum Gasteiger partial charge on any atom is -0.377 e. The predicted octanol–water partition coefficient (Wildman–Crippen LogP) is 1.98. The molecule has 1 atom stereocenters. The molecule has 114 valence electrons. The molecule has 1 unspecified atom stereocenters. The van der Waals surface area contributed by atoms with Crippen LogP contribution in [-0.2, 0) is 16.6 Å². The van der Waals surface area contributed by atoms with Gasteiger partial charge in [0.2, 0.25) is 10.0 Å². The van der Waals surface area contributed by atoms with Crippen LogP contribution in [0.1, 0.15) is 25.5 Å². The van der Waals surface area contributed by atoms with E-state index in [2.05, 4.69) is 15.1 Å². The summed E-state index contributed by atoms with van der Waals surface area (Å²) in [6.45, 7) is 4.79. The third kappa shape index (κ3) is 3.43. The highest BCUT2D eigenvalue weighted by Gasteiger charge is 2.18. The van der Waals surface area contributed by atoms with E-state index in [1.165, 1.54) is 7.05 Å². The second kappa shape index (κ2) is 6.28. The van der Waals surface area contributed by atoms with Crippen molar-refractivity contribution in [3.63, 3.8) is 0 Å². The lowest BCUT2D eigenvalue weighted by atomic mass is 10.2. The fraction of sp³-hybridized carbons (Fsp3) is 0.357. The zero-order valence-electron chi connectivity index (χ0n) is 12.4. The SMILES string of the molecule is CCn1cc(C(C)Nc2ccccc2S(=O)(=O)NC)cn1. The van der Waals surface area contributed by atoms with E-state index in [0.717, 1.165) is 12.1 Å². The van der Waals surface area contributed by atoms with Crippen molar-refractivity contribution in [2.24, 2.45) is 0 Å². The summed E-state index contributed by atoms with van der Waals surface area (Å²) in [5.41, 5.74) is 1.58. The van der Waals surface area contributed by atoms with Crippen molar-refractivity contribution in [1.29, 1.82) is 0 Å². The van der Waals surface area contributed by atoms with E-state index in [-0.39, 0.29) is 10.9 Å². The van der Waals surface area contributed by atoms with Crippen molar-refractivity contribution in [3.05, 3.63) is 42.2 Å². The average Bonchev–Trinajstić information content (AvgIpc) is 2.96. The van der Waals surface area contributed by atoms with E-state index >= 15 is 0 Å². The maximum Gasteiger partial charge on any atom is 0.242 e. The van der Waals surface area contributed by atoms with Gasteiger partial charge in [-0.15, -0.1) is 0 Å². The van der Waals surface area contributed by atoms with Crippen LogP contribution >= 0.6 is 0 Å². The van der Waals surface area contributed by atoms with Crippen molar-refractivity contribution in [2.75, 3.05) is 12.4 Å². The maximum atomic E-state index is 12.0. The van der Waals surface area contributed by atoms with Gasteiger partial charge in [-0.25, -0.2) is 13.1 Å². The molecular formula is C14H20N4O2S. The van der Waals surface area contributed by atoms with Gasteiger partial charge < -0.3 is 5.32 Å². The van der Waals surface area contributed by atoms with Gasteiger partial charge in [0.15, 0.2) is 0 Å². The minimum absolute atomic E-state index is 0.0430. The minimum atomic E-state index is -3.49. The second-order valence-electron chi connectivity index (χ2n) is 4.70. The molecule has 0 aliphatic carbocycles. The molecule has 0 bridgehead atoms. The van der Waals surface area contributed by atoms with E-state index in [1.54, 1.807) is 30.5 Å². The smallest absolute Gasteiger partial charge is 0.242 e. The molecule has 1 aromatic heterocycles. The van der Waals surface area contributed by atoms with Gasteiger partial charge in [0.05, 0.1) is 17.9 Å². The number of nitrogens with one attached hydrogen (secondary N) is 2. The highest BCUT2D eigenvalue weighted by Crippen LogP contribution is 2.25. The standard InChI is InChI=1S/C14H20N4O2S/c1-4-18-10-12(9-16-18)11(2)17-13-7-5-6-8-14(13)21(19,20)15-3/h5-11,15,17H,4H2,1-3H3. The number of anilines is 1. The molecule has 21 heavy (non-hydrogen) atoms. The number of sulfonamides is 1. The number of hydrogen-bond donors (Lipinski definition) is 2. The molecule has 2 N–H and O–H groups in total.